The van der Waals surface area contributed by atoms with E-state index < -0.39 is 23.6 Å². The largest absolute Gasteiger partial charge is 0.386 e. The molecular weight excluding hydrogens is 358 g/mol. The molecule has 1 N–H and O–H groups in total. The van der Waals surface area contributed by atoms with Crippen molar-refractivity contribution in [1.29, 1.82) is 0 Å². The molecule has 1 aromatic carbocycles. The summed E-state index contributed by atoms with van der Waals surface area (Å²) in [6, 6.07) is 4.70. The van der Waals surface area contributed by atoms with Crippen molar-refractivity contribution in [2.45, 2.75) is 25.6 Å². The predicted octanol–water partition coefficient (Wildman–Crippen LogP) is 1.33. The first-order valence-electron chi connectivity index (χ1n) is 8.45. The van der Waals surface area contributed by atoms with E-state index in [1.54, 1.807) is 24.8 Å². The molecule has 0 radical (unpaired) electrons. The Kier molecular flexibility index (Phi) is 5.22. The molecule has 2 heterocycles. The quantitative estimate of drug-likeness (QED) is 0.871. The van der Waals surface area contributed by atoms with Crippen LogP contribution in [0.15, 0.2) is 24.3 Å². The van der Waals surface area contributed by atoms with E-state index in [-0.39, 0.29) is 24.4 Å². The minimum Gasteiger partial charge on any atom is -0.386 e. The monoisotopic (exact) mass is 378 g/mol. The first kappa shape index (κ1) is 19.0. The fraction of sp³-hybridized carbons (Fsp3) is 0.389. The highest BCUT2D eigenvalue weighted by molar-refractivity contribution is 5.94. The van der Waals surface area contributed by atoms with Crippen LogP contribution in [0.1, 0.15) is 34.3 Å². The number of rotatable bonds is 4. The molecule has 1 aromatic heterocycles. The lowest BCUT2D eigenvalue weighted by molar-refractivity contribution is -0.130. The lowest BCUT2D eigenvalue weighted by atomic mass is 10.1. The van der Waals surface area contributed by atoms with Crippen molar-refractivity contribution in [1.82, 2.24) is 19.6 Å². The number of carbonyl (C=O) groups is 2. The number of amides is 2. The standard InChI is InChI=1S/C18H20F2N4O3/c1-22(2)17(26)9-16(25)15-8-12-10-23(5-6-24(12)21-15)18(27)11-3-4-13(19)14(20)7-11/h3-4,7-8,16,25H,5-6,9-10H2,1-2H3/t16-/m0/s1. The molecule has 0 bridgehead atoms. The number of halogens is 2. The molecule has 1 atom stereocenters. The van der Waals surface area contributed by atoms with Gasteiger partial charge < -0.3 is 14.9 Å². The number of carbonyl (C=O) groups excluding carboxylic acids is 2. The fourth-order valence-electron chi connectivity index (χ4n) is 2.89. The Bertz CT molecular complexity index is 881. The van der Waals surface area contributed by atoms with Crippen molar-refractivity contribution in [2.75, 3.05) is 20.6 Å². The van der Waals surface area contributed by atoms with Gasteiger partial charge >= 0.3 is 0 Å². The Morgan fingerprint density at radius 3 is 2.63 bits per heavy atom. The van der Waals surface area contributed by atoms with Crippen molar-refractivity contribution >= 4 is 11.8 Å². The van der Waals surface area contributed by atoms with Crippen LogP contribution in [-0.2, 0) is 17.9 Å². The van der Waals surface area contributed by atoms with Gasteiger partial charge in [-0.1, -0.05) is 0 Å². The van der Waals surface area contributed by atoms with Gasteiger partial charge in [0.05, 0.1) is 30.9 Å². The van der Waals surface area contributed by atoms with E-state index in [1.165, 1.54) is 15.9 Å². The number of benzene rings is 1. The Hall–Kier alpha value is -2.81. The van der Waals surface area contributed by atoms with Crippen LogP contribution in [0.2, 0.25) is 0 Å². The number of aromatic nitrogens is 2. The summed E-state index contributed by atoms with van der Waals surface area (Å²) in [5.41, 5.74) is 1.13. The molecule has 1 aliphatic rings. The third kappa shape index (κ3) is 3.97. The molecule has 1 aliphatic heterocycles. The molecule has 144 valence electrons. The lowest BCUT2D eigenvalue weighted by Crippen LogP contribution is -2.38. The second kappa shape index (κ2) is 7.43. The summed E-state index contributed by atoms with van der Waals surface area (Å²) >= 11 is 0. The molecule has 0 aliphatic carbocycles. The maximum Gasteiger partial charge on any atom is 0.254 e. The van der Waals surface area contributed by atoms with Gasteiger partial charge in [-0.2, -0.15) is 5.10 Å². The second-order valence-corrected chi connectivity index (χ2v) is 6.65. The molecule has 27 heavy (non-hydrogen) atoms. The van der Waals surface area contributed by atoms with E-state index in [2.05, 4.69) is 5.10 Å². The van der Waals surface area contributed by atoms with Crippen molar-refractivity contribution in [3.63, 3.8) is 0 Å². The molecule has 2 amide bonds. The van der Waals surface area contributed by atoms with Crippen LogP contribution < -0.4 is 0 Å². The first-order valence-corrected chi connectivity index (χ1v) is 8.45. The van der Waals surface area contributed by atoms with Gasteiger partial charge in [0.15, 0.2) is 11.6 Å². The molecule has 0 saturated heterocycles. The SMILES string of the molecule is CN(C)C(=O)C[C@H](O)c1cc2n(n1)CCN(C(=O)c1ccc(F)c(F)c1)C2. The molecule has 0 spiro atoms. The number of hydrogen-bond acceptors (Lipinski definition) is 4. The van der Waals surface area contributed by atoms with E-state index in [0.717, 1.165) is 12.1 Å². The Morgan fingerprint density at radius 1 is 1.22 bits per heavy atom. The summed E-state index contributed by atoms with van der Waals surface area (Å²) in [7, 11) is 3.21. The maximum absolute atomic E-state index is 13.4. The molecule has 0 fully saturated rings. The summed E-state index contributed by atoms with van der Waals surface area (Å²) in [4.78, 5) is 27.2. The van der Waals surface area contributed by atoms with E-state index >= 15 is 0 Å². The fourth-order valence-corrected chi connectivity index (χ4v) is 2.89. The summed E-state index contributed by atoms with van der Waals surface area (Å²) in [5, 5.41) is 14.5. The van der Waals surface area contributed by atoms with Crippen molar-refractivity contribution in [3.05, 3.63) is 52.9 Å². The highest BCUT2D eigenvalue weighted by Gasteiger charge is 2.26. The summed E-state index contributed by atoms with van der Waals surface area (Å²) < 4.78 is 28.1. The van der Waals surface area contributed by atoms with Gasteiger partial charge in [0.2, 0.25) is 5.91 Å². The number of aliphatic hydroxyl groups is 1. The molecule has 0 unspecified atom stereocenters. The van der Waals surface area contributed by atoms with E-state index in [4.69, 9.17) is 0 Å². The summed E-state index contributed by atoms with van der Waals surface area (Å²) in [5.74, 6) is -2.71. The average molecular weight is 378 g/mol. The first-order chi connectivity index (χ1) is 12.8. The van der Waals surface area contributed by atoms with Gasteiger partial charge in [0.1, 0.15) is 6.10 Å². The van der Waals surface area contributed by atoms with Crippen LogP contribution in [0.4, 0.5) is 8.78 Å². The van der Waals surface area contributed by atoms with Crippen molar-refractivity contribution < 1.29 is 23.5 Å². The van der Waals surface area contributed by atoms with Crippen LogP contribution in [0, 0.1) is 11.6 Å². The Labute approximate surface area is 154 Å². The summed E-state index contributed by atoms with van der Waals surface area (Å²) in [6.45, 7) is 0.969. The number of aliphatic hydroxyl groups excluding tert-OH is 1. The Morgan fingerprint density at radius 2 is 1.96 bits per heavy atom. The number of nitrogens with zero attached hydrogens (tertiary/aromatic N) is 4. The highest BCUT2D eigenvalue weighted by atomic mass is 19.2. The van der Waals surface area contributed by atoms with Crippen molar-refractivity contribution in [2.24, 2.45) is 0 Å². The van der Waals surface area contributed by atoms with Crippen LogP contribution in [0.3, 0.4) is 0 Å². The van der Waals surface area contributed by atoms with Crippen LogP contribution in [-0.4, -0.2) is 57.1 Å². The molecule has 7 nitrogen and oxygen atoms in total. The lowest BCUT2D eigenvalue weighted by Gasteiger charge is -2.27. The smallest absolute Gasteiger partial charge is 0.254 e. The molecular formula is C18H20F2N4O3. The Balaban J connectivity index is 1.72. The molecule has 2 aromatic rings. The number of fused-ring (bicyclic) bond motifs is 1. The topological polar surface area (TPSA) is 78.7 Å². The van der Waals surface area contributed by atoms with Crippen molar-refractivity contribution in [3.8, 4) is 0 Å². The van der Waals surface area contributed by atoms with Gasteiger partial charge in [-0.05, 0) is 24.3 Å². The second-order valence-electron chi connectivity index (χ2n) is 6.65. The molecule has 0 saturated carbocycles. The van der Waals surface area contributed by atoms with Crippen LogP contribution in [0.5, 0.6) is 0 Å². The van der Waals surface area contributed by atoms with Gasteiger partial charge in [-0.3, -0.25) is 14.3 Å². The van der Waals surface area contributed by atoms with E-state index in [9.17, 15) is 23.5 Å². The molecule has 3 rings (SSSR count). The molecule has 9 heteroatoms. The van der Waals surface area contributed by atoms with Gasteiger partial charge in [-0.25, -0.2) is 8.78 Å². The average Bonchev–Trinajstić information content (AvgIpc) is 3.06. The number of hydrogen-bond donors (Lipinski definition) is 1. The minimum absolute atomic E-state index is 0.0682. The zero-order chi connectivity index (χ0) is 19.7. The van der Waals surface area contributed by atoms with E-state index in [1.807, 2.05) is 0 Å². The maximum atomic E-state index is 13.4. The minimum atomic E-state index is -1.07. The zero-order valence-electron chi connectivity index (χ0n) is 15.0. The van der Waals surface area contributed by atoms with Crippen LogP contribution in [0.25, 0.3) is 0 Å². The normalized spacial score (nSPS) is 14.6. The van der Waals surface area contributed by atoms with Crippen LogP contribution >= 0.6 is 0 Å². The highest BCUT2D eigenvalue weighted by Crippen LogP contribution is 2.22. The predicted molar refractivity (Wildman–Crippen MR) is 91.6 cm³/mol. The van der Waals surface area contributed by atoms with Gasteiger partial charge in [-0.15, -0.1) is 0 Å². The third-order valence-electron chi connectivity index (χ3n) is 4.48. The summed E-state index contributed by atoms with van der Waals surface area (Å²) in [6.07, 6.45) is -1.12. The third-order valence-corrected chi connectivity index (χ3v) is 4.48. The van der Waals surface area contributed by atoms with Gasteiger partial charge in [0.25, 0.3) is 5.91 Å². The van der Waals surface area contributed by atoms with Gasteiger partial charge in [0, 0.05) is 26.2 Å². The zero-order valence-corrected chi connectivity index (χ0v) is 15.0. The van der Waals surface area contributed by atoms with E-state index in [0.29, 0.717) is 24.5 Å².